The maximum atomic E-state index is 12.8. The molecule has 9 heteroatoms. The van der Waals surface area contributed by atoms with Gasteiger partial charge in [-0.05, 0) is 25.3 Å². The number of morpholine rings is 1. The van der Waals surface area contributed by atoms with Crippen LogP contribution in [-0.4, -0.2) is 79.5 Å². The van der Waals surface area contributed by atoms with Gasteiger partial charge in [0.15, 0.2) is 0 Å². The fourth-order valence-electron chi connectivity index (χ4n) is 3.24. The van der Waals surface area contributed by atoms with Crippen LogP contribution in [-0.2, 0) is 21.4 Å². The molecule has 8 nitrogen and oxygen atoms in total. The molecule has 2 fully saturated rings. The molecular weight excluding hydrogens is 342 g/mol. The van der Waals surface area contributed by atoms with Gasteiger partial charge in [-0.15, -0.1) is 0 Å². The van der Waals surface area contributed by atoms with E-state index in [4.69, 9.17) is 4.74 Å². The molecule has 1 aromatic rings. The van der Waals surface area contributed by atoms with Crippen molar-refractivity contribution in [2.45, 2.75) is 26.7 Å². The maximum Gasteiger partial charge on any atom is 0.282 e. The van der Waals surface area contributed by atoms with Crippen LogP contribution in [0.3, 0.4) is 0 Å². The van der Waals surface area contributed by atoms with Crippen molar-refractivity contribution in [2.75, 3.05) is 57.4 Å². The topological polar surface area (TPSA) is 78.9 Å². The van der Waals surface area contributed by atoms with Crippen LogP contribution in [0.2, 0.25) is 0 Å². The fourth-order valence-corrected chi connectivity index (χ4v) is 4.85. The van der Waals surface area contributed by atoms with Crippen molar-refractivity contribution in [1.82, 2.24) is 18.6 Å². The standard InChI is InChI=1S/C16H27N5O3S/c1-3-15-14(2)13-17-16(18-15)19-5-4-6-20(8-7-19)25(22,23)21-9-11-24-12-10-21/h13H,3-12H2,1-2H3. The molecule has 0 spiro atoms. The second-order valence-electron chi connectivity index (χ2n) is 6.41. The van der Waals surface area contributed by atoms with Gasteiger partial charge in [0, 0.05) is 51.2 Å². The van der Waals surface area contributed by atoms with E-state index in [0.717, 1.165) is 30.6 Å². The molecule has 25 heavy (non-hydrogen) atoms. The van der Waals surface area contributed by atoms with E-state index in [1.807, 2.05) is 13.1 Å². The Morgan fingerprint density at radius 3 is 2.52 bits per heavy atom. The van der Waals surface area contributed by atoms with Gasteiger partial charge < -0.3 is 9.64 Å². The third-order valence-electron chi connectivity index (χ3n) is 4.76. The second kappa shape index (κ2) is 7.94. The zero-order valence-electron chi connectivity index (χ0n) is 15.0. The Hall–Kier alpha value is -1.29. The van der Waals surface area contributed by atoms with Crippen molar-refractivity contribution >= 4 is 16.2 Å². The van der Waals surface area contributed by atoms with E-state index >= 15 is 0 Å². The Morgan fingerprint density at radius 2 is 1.80 bits per heavy atom. The number of rotatable bonds is 4. The van der Waals surface area contributed by atoms with Crippen LogP contribution in [0.4, 0.5) is 5.95 Å². The van der Waals surface area contributed by atoms with Crippen molar-refractivity contribution in [3.05, 3.63) is 17.5 Å². The third kappa shape index (κ3) is 4.11. The number of aromatic nitrogens is 2. The molecule has 0 bridgehead atoms. The first-order valence-corrected chi connectivity index (χ1v) is 10.3. The monoisotopic (exact) mass is 369 g/mol. The highest BCUT2D eigenvalue weighted by Gasteiger charge is 2.32. The SMILES string of the molecule is CCc1nc(N2CCCN(S(=O)(=O)N3CCOCC3)CC2)ncc1C. The minimum atomic E-state index is -3.41. The number of hydrogen-bond donors (Lipinski definition) is 0. The smallest absolute Gasteiger partial charge is 0.282 e. The summed E-state index contributed by atoms with van der Waals surface area (Å²) in [6.45, 7) is 8.26. The van der Waals surface area contributed by atoms with E-state index < -0.39 is 10.2 Å². The maximum absolute atomic E-state index is 12.8. The molecule has 0 aromatic carbocycles. The molecule has 3 heterocycles. The number of ether oxygens (including phenoxy) is 1. The van der Waals surface area contributed by atoms with Crippen LogP contribution in [0, 0.1) is 6.92 Å². The van der Waals surface area contributed by atoms with Gasteiger partial charge in [0.05, 0.1) is 13.2 Å². The lowest BCUT2D eigenvalue weighted by Crippen LogP contribution is -2.49. The Morgan fingerprint density at radius 1 is 1.08 bits per heavy atom. The second-order valence-corrected chi connectivity index (χ2v) is 8.34. The lowest BCUT2D eigenvalue weighted by molar-refractivity contribution is 0.0703. The summed E-state index contributed by atoms with van der Waals surface area (Å²) in [7, 11) is -3.41. The van der Waals surface area contributed by atoms with Crippen LogP contribution in [0.1, 0.15) is 24.6 Å². The van der Waals surface area contributed by atoms with Gasteiger partial charge in [0.25, 0.3) is 10.2 Å². The van der Waals surface area contributed by atoms with E-state index in [-0.39, 0.29) is 0 Å². The summed E-state index contributed by atoms with van der Waals surface area (Å²) in [5.74, 6) is 0.702. The number of anilines is 1. The van der Waals surface area contributed by atoms with Gasteiger partial charge in [-0.3, -0.25) is 0 Å². The van der Waals surface area contributed by atoms with Gasteiger partial charge >= 0.3 is 0 Å². The minimum absolute atomic E-state index is 0.434. The molecule has 2 saturated heterocycles. The highest BCUT2D eigenvalue weighted by molar-refractivity contribution is 7.86. The summed E-state index contributed by atoms with van der Waals surface area (Å²) in [6.07, 6.45) is 3.49. The zero-order valence-corrected chi connectivity index (χ0v) is 15.8. The number of aryl methyl sites for hydroxylation is 2. The predicted molar refractivity (Wildman–Crippen MR) is 95.9 cm³/mol. The van der Waals surface area contributed by atoms with Gasteiger partial charge in [0.2, 0.25) is 5.95 Å². The van der Waals surface area contributed by atoms with Crippen LogP contribution in [0.15, 0.2) is 6.20 Å². The molecule has 140 valence electrons. The molecule has 0 radical (unpaired) electrons. The number of nitrogens with zero attached hydrogens (tertiary/aromatic N) is 5. The highest BCUT2D eigenvalue weighted by atomic mass is 32.2. The fraction of sp³-hybridized carbons (Fsp3) is 0.750. The third-order valence-corrected chi connectivity index (χ3v) is 6.79. The van der Waals surface area contributed by atoms with E-state index in [1.54, 1.807) is 4.31 Å². The summed E-state index contributed by atoms with van der Waals surface area (Å²) >= 11 is 0. The molecule has 0 unspecified atom stereocenters. The van der Waals surface area contributed by atoms with Crippen molar-refractivity contribution < 1.29 is 13.2 Å². The van der Waals surface area contributed by atoms with E-state index in [9.17, 15) is 8.42 Å². The molecule has 0 amide bonds. The van der Waals surface area contributed by atoms with E-state index in [2.05, 4.69) is 21.8 Å². The van der Waals surface area contributed by atoms with Gasteiger partial charge in [-0.2, -0.15) is 17.0 Å². The normalized spacial score (nSPS) is 21.3. The summed E-state index contributed by atoms with van der Waals surface area (Å²) in [5, 5.41) is 0. The molecule has 2 aliphatic heterocycles. The molecule has 0 atom stereocenters. The average Bonchev–Trinajstić information content (AvgIpc) is 2.89. The van der Waals surface area contributed by atoms with Gasteiger partial charge in [-0.25, -0.2) is 9.97 Å². The summed E-state index contributed by atoms with van der Waals surface area (Å²) < 4.78 is 34.0. The quantitative estimate of drug-likeness (QED) is 0.766. The van der Waals surface area contributed by atoms with Crippen LogP contribution in [0.25, 0.3) is 0 Å². The lowest BCUT2D eigenvalue weighted by Gasteiger charge is -2.31. The Balaban J connectivity index is 1.70. The Bertz CT molecular complexity index is 691. The molecule has 3 rings (SSSR count). The van der Waals surface area contributed by atoms with Crippen molar-refractivity contribution in [3.63, 3.8) is 0 Å². The Kier molecular flexibility index (Phi) is 5.88. The number of hydrogen-bond acceptors (Lipinski definition) is 6. The predicted octanol–water partition coefficient (Wildman–Crippen LogP) is 0.437. The largest absolute Gasteiger partial charge is 0.379 e. The van der Waals surface area contributed by atoms with Gasteiger partial charge in [0.1, 0.15) is 0 Å². The first-order chi connectivity index (χ1) is 12.0. The van der Waals surface area contributed by atoms with Gasteiger partial charge in [-0.1, -0.05) is 6.92 Å². The van der Waals surface area contributed by atoms with Crippen molar-refractivity contribution in [2.24, 2.45) is 0 Å². The van der Waals surface area contributed by atoms with Crippen LogP contribution >= 0.6 is 0 Å². The lowest BCUT2D eigenvalue weighted by atomic mass is 10.2. The van der Waals surface area contributed by atoms with E-state index in [0.29, 0.717) is 51.9 Å². The molecule has 1 aromatic heterocycles. The molecule has 0 aliphatic carbocycles. The zero-order chi connectivity index (χ0) is 17.9. The molecule has 0 saturated carbocycles. The summed E-state index contributed by atoms with van der Waals surface area (Å²) in [4.78, 5) is 11.2. The van der Waals surface area contributed by atoms with Crippen LogP contribution < -0.4 is 4.90 Å². The van der Waals surface area contributed by atoms with Crippen molar-refractivity contribution in [3.8, 4) is 0 Å². The molecule has 0 N–H and O–H groups in total. The molecular formula is C16H27N5O3S. The molecule has 2 aliphatic rings. The first-order valence-electron chi connectivity index (χ1n) is 8.93. The Labute approximate surface area is 150 Å². The summed E-state index contributed by atoms with van der Waals surface area (Å²) in [6, 6.07) is 0. The van der Waals surface area contributed by atoms with Crippen LogP contribution in [0.5, 0.6) is 0 Å². The van der Waals surface area contributed by atoms with Crippen molar-refractivity contribution in [1.29, 1.82) is 0 Å². The van der Waals surface area contributed by atoms with E-state index in [1.165, 1.54) is 4.31 Å². The highest BCUT2D eigenvalue weighted by Crippen LogP contribution is 2.18. The first kappa shape index (κ1) is 18.5. The average molecular weight is 369 g/mol. The summed E-state index contributed by atoms with van der Waals surface area (Å²) in [5.41, 5.74) is 2.14. The minimum Gasteiger partial charge on any atom is -0.379 e.